The van der Waals surface area contributed by atoms with Crippen molar-refractivity contribution >= 4 is 13.8 Å². The predicted octanol–water partition coefficient (Wildman–Crippen LogP) is 4.38. The highest BCUT2D eigenvalue weighted by atomic mass is 28.3. The lowest BCUT2D eigenvalue weighted by atomic mass is 10.1. The predicted molar refractivity (Wildman–Crippen MR) is 91.1 cm³/mol. The summed E-state index contributed by atoms with van der Waals surface area (Å²) in [5.74, 6) is 0. The average Bonchev–Trinajstić information content (AvgIpc) is 2.91. The van der Waals surface area contributed by atoms with Crippen molar-refractivity contribution in [2.75, 3.05) is 12.3 Å². The second kappa shape index (κ2) is 7.23. The van der Waals surface area contributed by atoms with Crippen LogP contribution in [0.15, 0.2) is 30.6 Å². The number of hydrogen-bond donors (Lipinski definition) is 1. The van der Waals surface area contributed by atoms with Gasteiger partial charge in [0.15, 0.2) is 0 Å². The van der Waals surface area contributed by atoms with E-state index in [1.54, 1.807) is 23.1 Å². The third-order valence-corrected chi connectivity index (χ3v) is 5.12. The molecule has 0 amide bonds. The fourth-order valence-corrected chi connectivity index (χ4v) is 2.85. The van der Waals surface area contributed by atoms with Crippen LogP contribution in [-0.4, -0.2) is 24.5 Å². The molecule has 0 saturated heterocycles. The molecule has 0 spiro atoms. The van der Waals surface area contributed by atoms with Crippen molar-refractivity contribution in [3.63, 3.8) is 0 Å². The van der Waals surface area contributed by atoms with Crippen LogP contribution in [0.3, 0.4) is 0 Å². The number of nitrogen functional groups attached to an aromatic ring is 1. The molecule has 4 nitrogen and oxygen atoms in total. The maximum Gasteiger partial charge on any atom is 0.263 e. The molecule has 0 radical (unpaired) electrons. The van der Waals surface area contributed by atoms with Crippen LogP contribution in [0.25, 0.3) is 11.1 Å². The van der Waals surface area contributed by atoms with E-state index in [2.05, 4.69) is 24.7 Å². The second-order valence-electron chi connectivity index (χ2n) is 6.81. The van der Waals surface area contributed by atoms with Crippen LogP contribution in [0.5, 0.6) is 0 Å². The highest BCUT2D eigenvalue weighted by molar-refractivity contribution is 6.76. The topological polar surface area (TPSA) is 53.1 Å². The first-order valence-electron chi connectivity index (χ1n) is 7.54. The van der Waals surface area contributed by atoms with E-state index < -0.39 is 14.5 Å². The smallest absolute Gasteiger partial charge is 0.263 e. The van der Waals surface area contributed by atoms with E-state index in [0.717, 1.165) is 11.6 Å². The van der Waals surface area contributed by atoms with Crippen LogP contribution in [0.4, 0.5) is 14.5 Å². The van der Waals surface area contributed by atoms with Gasteiger partial charge < -0.3 is 10.5 Å². The number of aromatic nitrogens is 2. The Morgan fingerprint density at radius 2 is 1.96 bits per heavy atom. The van der Waals surface area contributed by atoms with Crippen molar-refractivity contribution in [2.45, 2.75) is 38.8 Å². The normalized spacial score (nSPS) is 12.1. The Bertz CT molecular complexity index is 653. The summed E-state index contributed by atoms with van der Waals surface area (Å²) >= 11 is 0. The van der Waals surface area contributed by atoms with E-state index >= 15 is 0 Å². The summed E-state index contributed by atoms with van der Waals surface area (Å²) < 4.78 is 33.0. The molecule has 0 aliphatic carbocycles. The minimum absolute atomic E-state index is 0.0841. The van der Waals surface area contributed by atoms with Gasteiger partial charge in [-0.1, -0.05) is 19.6 Å². The third-order valence-electron chi connectivity index (χ3n) is 3.42. The van der Waals surface area contributed by atoms with Crippen molar-refractivity contribution < 1.29 is 13.5 Å². The number of benzene rings is 1. The molecule has 23 heavy (non-hydrogen) atoms. The molecule has 0 fully saturated rings. The largest absolute Gasteiger partial charge is 0.399 e. The number of rotatable bonds is 7. The number of nitrogens with two attached hydrogens (primary N) is 1. The lowest BCUT2D eigenvalue weighted by Gasteiger charge is -2.15. The lowest BCUT2D eigenvalue weighted by molar-refractivity contribution is 0.0786. The van der Waals surface area contributed by atoms with Gasteiger partial charge in [-0.15, -0.1) is 0 Å². The van der Waals surface area contributed by atoms with E-state index in [1.807, 2.05) is 0 Å². The first kappa shape index (κ1) is 17.6. The molecule has 2 aromatic rings. The number of hydrogen-bond acceptors (Lipinski definition) is 3. The van der Waals surface area contributed by atoms with Crippen LogP contribution in [-0.2, 0) is 11.5 Å². The first-order chi connectivity index (χ1) is 10.7. The number of alkyl halides is 2. The number of nitrogens with zero attached hydrogens (tertiary/aromatic N) is 2. The van der Waals surface area contributed by atoms with Crippen LogP contribution >= 0.6 is 0 Å². The minimum Gasteiger partial charge on any atom is -0.399 e. The van der Waals surface area contributed by atoms with Gasteiger partial charge in [0.1, 0.15) is 6.73 Å². The molecule has 0 unspecified atom stereocenters. The van der Waals surface area contributed by atoms with Crippen molar-refractivity contribution in [3.8, 4) is 11.1 Å². The quantitative estimate of drug-likeness (QED) is 0.463. The molecule has 0 saturated carbocycles. The van der Waals surface area contributed by atoms with Gasteiger partial charge in [-0.05, 0) is 29.8 Å². The van der Waals surface area contributed by atoms with Crippen LogP contribution in [0.1, 0.15) is 12.0 Å². The fourth-order valence-electron chi connectivity index (χ4n) is 2.09. The average molecular weight is 339 g/mol. The minimum atomic E-state index is -2.54. The van der Waals surface area contributed by atoms with Crippen molar-refractivity contribution in [2.24, 2.45) is 0 Å². The van der Waals surface area contributed by atoms with Gasteiger partial charge in [0, 0.05) is 37.7 Å². The number of ether oxygens (including phenoxy) is 1. The van der Waals surface area contributed by atoms with Crippen molar-refractivity contribution in [1.82, 2.24) is 9.78 Å². The zero-order valence-electron chi connectivity index (χ0n) is 13.7. The van der Waals surface area contributed by atoms with Gasteiger partial charge in [0.25, 0.3) is 6.43 Å². The van der Waals surface area contributed by atoms with Gasteiger partial charge in [0.05, 0.1) is 6.20 Å². The van der Waals surface area contributed by atoms with Gasteiger partial charge in [-0.25, -0.2) is 13.5 Å². The fraction of sp³-hybridized carbons (Fsp3) is 0.438. The molecule has 1 heterocycles. The lowest BCUT2D eigenvalue weighted by Crippen LogP contribution is -2.22. The first-order valence-corrected chi connectivity index (χ1v) is 11.2. The Morgan fingerprint density at radius 3 is 2.61 bits per heavy atom. The SMILES string of the molecule is C[Si](C)(C)CCOCn1cc(-c2cc(N)cc(C(F)F)c2)cn1. The maximum absolute atomic E-state index is 12.9. The number of anilines is 1. The summed E-state index contributed by atoms with van der Waals surface area (Å²) in [4.78, 5) is 0. The van der Waals surface area contributed by atoms with E-state index in [4.69, 9.17) is 10.5 Å². The molecular formula is C16H23F2N3OSi. The molecule has 0 aliphatic rings. The summed E-state index contributed by atoms with van der Waals surface area (Å²) in [6.07, 6.45) is 0.863. The Kier molecular flexibility index (Phi) is 5.54. The zero-order valence-corrected chi connectivity index (χ0v) is 14.7. The molecule has 2 N–H and O–H groups in total. The Labute approximate surface area is 136 Å². The van der Waals surface area contributed by atoms with Gasteiger partial charge >= 0.3 is 0 Å². The molecule has 2 rings (SSSR count). The number of halogens is 2. The van der Waals surface area contributed by atoms with Gasteiger partial charge in [0.2, 0.25) is 0 Å². The van der Waals surface area contributed by atoms with Crippen LogP contribution in [0.2, 0.25) is 25.7 Å². The van der Waals surface area contributed by atoms with Crippen molar-refractivity contribution in [3.05, 3.63) is 36.2 Å². The zero-order chi connectivity index (χ0) is 17.0. The molecule has 0 bridgehead atoms. The Hall–Kier alpha value is -1.73. The third kappa shape index (κ3) is 5.44. The molecule has 0 atom stereocenters. The summed E-state index contributed by atoms with van der Waals surface area (Å²) in [5, 5.41) is 4.21. The molecule has 1 aromatic carbocycles. The van der Waals surface area contributed by atoms with E-state index in [0.29, 0.717) is 24.6 Å². The molecule has 7 heteroatoms. The summed E-state index contributed by atoms with van der Waals surface area (Å²) in [6.45, 7) is 7.95. The molecule has 126 valence electrons. The van der Waals surface area contributed by atoms with E-state index in [9.17, 15) is 8.78 Å². The molecular weight excluding hydrogens is 316 g/mol. The van der Waals surface area contributed by atoms with Gasteiger partial charge in [-0.3, -0.25) is 0 Å². The monoisotopic (exact) mass is 339 g/mol. The highest BCUT2D eigenvalue weighted by Gasteiger charge is 2.13. The second-order valence-corrected chi connectivity index (χ2v) is 12.4. The van der Waals surface area contributed by atoms with Crippen LogP contribution in [0, 0.1) is 0 Å². The summed E-state index contributed by atoms with van der Waals surface area (Å²) in [7, 11) is -1.11. The van der Waals surface area contributed by atoms with Gasteiger partial charge in [-0.2, -0.15) is 5.10 Å². The Balaban J connectivity index is 2.02. The maximum atomic E-state index is 12.9. The van der Waals surface area contributed by atoms with E-state index in [1.165, 1.54) is 12.1 Å². The van der Waals surface area contributed by atoms with E-state index in [-0.39, 0.29) is 5.56 Å². The highest BCUT2D eigenvalue weighted by Crippen LogP contribution is 2.28. The molecule has 0 aliphatic heterocycles. The molecule has 1 aromatic heterocycles. The summed E-state index contributed by atoms with van der Waals surface area (Å²) in [6, 6.07) is 5.49. The van der Waals surface area contributed by atoms with Crippen LogP contribution < -0.4 is 5.73 Å². The standard InChI is InChI=1S/C16H23F2N3OSi/c1-23(2,3)5-4-22-11-21-10-14(9-20-21)12-6-13(16(17)18)8-15(19)7-12/h6-10,16H,4-5,11,19H2,1-3H3. The summed E-state index contributed by atoms with van der Waals surface area (Å²) in [5.41, 5.74) is 7.31. The van der Waals surface area contributed by atoms with Crippen molar-refractivity contribution in [1.29, 1.82) is 0 Å². The Morgan fingerprint density at radius 1 is 1.22 bits per heavy atom.